The number of nitrogens with zero attached hydrogens (tertiary/aromatic N) is 1. The van der Waals surface area contributed by atoms with Crippen LogP contribution in [0.15, 0.2) is 12.5 Å². The van der Waals surface area contributed by atoms with Gasteiger partial charge in [-0.05, 0) is 13.3 Å². The van der Waals surface area contributed by atoms with E-state index in [4.69, 9.17) is 16.6 Å². The van der Waals surface area contributed by atoms with E-state index >= 15 is 0 Å². The Labute approximate surface area is 187 Å². The Morgan fingerprint density at radius 1 is 1.00 bits per heavy atom. The van der Waals surface area contributed by atoms with Gasteiger partial charge < -0.3 is 42.6 Å². The summed E-state index contributed by atoms with van der Waals surface area (Å²) in [6.45, 7) is 1.33. The van der Waals surface area contributed by atoms with E-state index in [0.717, 1.165) is 0 Å². The van der Waals surface area contributed by atoms with Crippen molar-refractivity contribution in [3.63, 3.8) is 0 Å². The second kappa shape index (κ2) is 12.7. The average Bonchev–Trinajstić information content (AvgIpc) is 3.22. The number of imidazole rings is 1. The zero-order valence-corrected chi connectivity index (χ0v) is 17.7. The van der Waals surface area contributed by atoms with Crippen LogP contribution in [0.2, 0.25) is 0 Å². The number of aromatic amines is 1. The molecule has 0 aromatic carbocycles. The third kappa shape index (κ3) is 9.77. The Hall–Kier alpha value is -4.01. The van der Waals surface area contributed by atoms with Gasteiger partial charge in [0.05, 0.1) is 18.8 Å². The zero-order valence-electron chi connectivity index (χ0n) is 17.7. The Morgan fingerprint density at radius 2 is 1.58 bits per heavy atom. The molecule has 182 valence electrons. The van der Waals surface area contributed by atoms with Crippen LogP contribution >= 0.6 is 0 Å². The molecule has 1 aromatic heterocycles. The Bertz CT molecular complexity index is 871. The fourth-order valence-electron chi connectivity index (χ4n) is 2.60. The molecule has 0 aliphatic rings. The zero-order chi connectivity index (χ0) is 25.1. The van der Waals surface area contributed by atoms with E-state index in [9.17, 15) is 33.9 Å². The van der Waals surface area contributed by atoms with E-state index in [1.54, 1.807) is 0 Å². The molecule has 1 aromatic rings. The van der Waals surface area contributed by atoms with Crippen molar-refractivity contribution >= 4 is 35.6 Å². The molecule has 10 N–H and O–H groups in total. The number of aromatic nitrogens is 2. The molecule has 15 nitrogen and oxygen atoms in total. The fourth-order valence-corrected chi connectivity index (χ4v) is 2.60. The highest BCUT2D eigenvalue weighted by Gasteiger charge is 2.31. The summed E-state index contributed by atoms with van der Waals surface area (Å²) >= 11 is 0. The molecule has 4 unspecified atom stereocenters. The lowest BCUT2D eigenvalue weighted by atomic mass is 10.1. The molecule has 0 aliphatic carbocycles. The summed E-state index contributed by atoms with van der Waals surface area (Å²) in [5, 5.41) is 25.1. The van der Waals surface area contributed by atoms with E-state index in [1.807, 2.05) is 0 Å². The third-order valence-corrected chi connectivity index (χ3v) is 4.33. The van der Waals surface area contributed by atoms with Gasteiger partial charge in [-0.15, -0.1) is 0 Å². The normalized spacial score (nSPS) is 14.2. The van der Waals surface area contributed by atoms with Crippen molar-refractivity contribution in [1.82, 2.24) is 25.9 Å². The Balaban J connectivity index is 3.05. The van der Waals surface area contributed by atoms with Crippen LogP contribution in [0, 0.1) is 0 Å². The first-order valence-electron chi connectivity index (χ1n) is 9.77. The third-order valence-electron chi connectivity index (χ3n) is 4.33. The van der Waals surface area contributed by atoms with E-state index in [0.29, 0.717) is 5.69 Å². The first kappa shape index (κ1) is 27.0. The molecule has 0 bridgehead atoms. The fraction of sp³-hybridized carbons (Fsp3) is 0.500. The van der Waals surface area contributed by atoms with Crippen LogP contribution < -0.4 is 27.4 Å². The monoisotopic (exact) mass is 469 g/mol. The van der Waals surface area contributed by atoms with Crippen molar-refractivity contribution in [2.45, 2.75) is 56.8 Å². The van der Waals surface area contributed by atoms with Crippen molar-refractivity contribution in [3.8, 4) is 0 Å². The number of H-pyrrole nitrogens is 1. The molecular formula is C18H27N7O8. The minimum Gasteiger partial charge on any atom is -0.481 e. The largest absolute Gasteiger partial charge is 0.481 e. The van der Waals surface area contributed by atoms with Crippen molar-refractivity contribution in [2.75, 3.05) is 0 Å². The lowest BCUT2D eigenvalue weighted by molar-refractivity contribution is -0.143. The molecule has 0 saturated carbocycles. The summed E-state index contributed by atoms with van der Waals surface area (Å²) in [4.78, 5) is 77.4. The van der Waals surface area contributed by atoms with E-state index in [1.165, 1.54) is 19.4 Å². The number of carbonyl (C=O) groups excluding carboxylic acids is 4. The van der Waals surface area contributed by atoms with E-state index < -0.39 is 66.2 Å². The van der Waals surface area contributed by atoms with Crippen LogP contribution in [0.4, 0.5) is 0 Å². The number of aliphatic carboxylic acids is 2. The Kier molecular flexibility index (Phi) is 10.4. The molecule has 0 spiro atoms. The summed E-state index contributed by atoms with van der Waals surface area (Å²) in [5.74, 6) is -6.31. The number of amides is 4. The van der Waals surface area contributed by atoms with Crippen LogP contribution in [-0.4, -0.2) is 79.9 Å². The van der Waals surface area contributed by atoms with Gasteiger partial charge in [-0.1, -0.05) is 0 Å². The molecule has 0 radical (unpaired) electrons. The van der Waals surface area contributed by atoms with Crippen LogP contribution in [0.3, 0.4) is 0 Å². The molecule has 1 heterocycles. The maximum absolute atomic E-state index is 12.8. The number of primary amides is 1. The predicted molar refractivity (Wildman–Crippen MR) is 110 cm³/mol. The molecule has 4 amide bonds. The predicted octanol–water partition coefficient (Wildman–Crippen LogP) is -3.42. The number of nitrogens with one attached hydrogen (secondary N) is 4. The van der Waals surface area contributed by atoms with Crippen molar-refractivity contribution in [1.29, 1.82) is 0 Å². The SMILES string of the molecule is CC(N)C(=O)NC(CC(=O)O)C(=O)NC(Cc1cnc[nH]1)C(=O)NC(CCC(N)=O)C(=O)O. The number of rotatable bonds is 14. The minimum atomic E-state index is -1.55. The van der Waals surface area contributed by atoms with Crippen molar-refractivity contribution in [2.24, 2.45) is 11.5 Å². The first-order valence-corrected chi connectivity index (χ1v) is 9.77. The smallest absolute Gasteiger partial charge is 0.326 e. The van der Waals surface area contributed by atoms with Gasteiger partial charge >= 0.3 is 11.9 Å². The molecule has 0 aliphatic heterocycles. The Morgan fingerprint density at radius 3 is 2.06 bits per heavy atom. The van der Waals surface area contributed by atoms with Gasteiger partial charge in [-0.3, -0.25) is 24.0 Å². The summed E-state index contributed by atoms with van der Waals surface area (Å²) in [5.41, 5.74) is 10.8. The highest BCUT2D eigenvalue weighted by atomic mass is 16.4. The molecule has 4 atom stereocenters. The highest BCUT2D eigenvalue weighted by molar-refractivity contribution is 5.95. The number of hydrogen-bond donors (Lipinski definition) is 8. The summed E-state index contributed by atoms with van der Waals surface area (Å²) < 4.78 is 0. The van der Waals surface area contributed by atoms with Gasteiger partial charge in [0.2, 0.25) is 23.6 Å². The molecule has 1 rings (SSSR count). The van der Waals surface area contributed by atoms with Gasteiger partial charge in [0.25, 0.3) is 0 Å². The van der Waals surface area contributed by atoms with Gasteiger partial charge in [0, 0.05) is 24.7 Å². The highest BCUT2D eigenvalue weighted by Crippen LogP contribution is 2.04. The summed E-state index contributed by atoms with van der Waals surface area (Å²) in [6.07, 6.45) is 1.13. The number of nitrogens with two attached hydrogens (primary N) is 2. The van der Waals surface area contributed by atoms with Crippen molar-refractivity contribution in [3.05, 3.63) is 18.2 Å². The molecule has 15 heteroatoms. The number of hydrogen-bond acceptors (Lipinski definition) is 8. The lowest BCUT2D eigenvalue weighted by Gasteiger charge is -2.24. The minimum absolute atomic E-state index is 0.166. The maximum atomic E-state index is 12.8. The van der Waals surface area contributed by atoms with E-state index in [-0.39, 0.29) is 19.3 Å². The van der Waals surface area contributed by atoms with Crippen LogP contribution in [-0.2, 0) is 35.2 Å². The van der Waals surface area contributed by atoms with Crippen molar-refractivity contribution < 1.29 is 39.0 Å². The van der Waals surface area contributed by atoms with Crippen LogP contribution in [0.1, 0.15) is 31.9 Å². The standard InChI is InChI=1S/C18H27N7O8/c1-8(19)15(29)24-12(5-14(27)28)17(31)25-11(4-9-6-21-7-22-9)16(30)23-10(18(32)33)2-3-13(20)26/h6-8,10-12H,2-5,19H2,1H3,(H2,20,26)(H,21,22)(H,23,30)(H,24,29)(H,25,31)(H,27,28)(H,32,33). The molecule has 33 heavy (non-hydrogen) atoms. The maximum Gasteiger partial charge on any atom is 0.326 e. The van der Waals surface area contributed by atoms with Crippen LogP contribution in [0.25, 0.3) is 0 Å². The second-order valence-electron chi connectivity index (χ2n) is 7.19. The lowest BCUT2D eigenvalue weighted by Crippen LogP contribution is -2.57. The number of carboxylic acid groups (broad SMARTS) is 2. The quantitative estimate of drug-likeness (QED) is 0.134. The topological polar surface area (TPSA) is 260 Å². The molecular weight excluding hydrogens is 442 g/mol. The second-order valence-corrected chi connectivity index (χ2v) is 7.19. The summed E-state index contributed by atoms with van der Waals surface area (Å²) in [7, 11) is 0. The summed E-state index contributed by atoms with van der Waals surface area (Å²) in [6, 6.07) is -5.43. The van der Waals surface area contributed by atoms with Gasteiger partial charge in [-0.25, -0.2) is 9.78 Å². The van der Waals surface area contributed by atoms with Gasteiger partial charge in [0.1, 0.15) is 18.1 Å². The van der Waals surface area contributed by atoms with Gasteiger partial charge in [0.15, 0.2) is 0 Å². The first-order chi connectivity index (χ1) is 15.4. The number of carboxylic acids is 2. The van der Waals surface area contributed by atoms with Crippen LogP contribution in [0.5, 0.6) is 0 Å². The number of carbonyl (C=O) groups is 6. The van der Waals surface area contributed by atoms with Gasteiger partial charge in [-0.2, -0.15) is 0 Å². The molecule has 0 saturated heterocycles. The average molecular weight is 469 g/mol. The molecule has 0 fully saturated rings. The van der Waals surface area contributed by atoms with E-state index in [2.05, 4.69) is 25.9 Å².